The van der Waals surface area contributed by atoms with Crippen LogP contribution in [0.3, 0.4) is 0 Å². The van der Waals surface area contributed by atoms with Gasteiger partial charge in [0.05, 0.1) is 5.69 Å². The van der Waals surface area contributed by atoms with Crippen molar-refractivity contribution in [2.24, 2.45) is 0 Å². The molecule has 1 heterocycles. The Hall–Kier alpha value is -1.63. The van der Waals surface area contributed by atoms with Gasteiger partial charge in [0.1, 0.15) is 0 Å². The zero-order valence-corrected chi connectivity index (χ0v) is 9.96. The van der Waals surface area contributed by atoms with Crippen LogP contribution in [0.25, 0.3) is 11.3 Å². The Morgan fingerprint density at radius 1 is 1.00 bits per heavy atom. The number of hydrogen-bond donors (Lipinski definition) is 0. The molecule has 80 valence electrons. The van der Waals surface area contributed by atoms with E-state index >= 15 is 0 Å². The lowest BCUT2D eigenvalue weighted by atomic mass is 10.1. The van der Waals surface area contributed by atoms with Crippen molar-refractivity contribution in [2.45, 2.75) is 27.2 Å². The molecule has 3 rings (SSSR count). The first-order valence-corrected chi connectivity index (χ1v) is 5.72. The summed E-state index contributed by atoms with van der Waals surface area (Å²) in [6, 6.07) is 8.94. The molecule has 2 aromatic rings. The third-order valence-corrected chi connectivity index (χ3v) is 3.44. The molecule has 1 heteroatoms. The molecule has 0 radical (unpaired) electrons. The van der Waals surface area contributed by atoms with E-state index in [4.69, 9.17) is 4.98 Å². The summed E-state index contributed by atoms with van der Waals surface area (Å²) in [4.78, 5) is 4.72. The van der Waals surface area contributed by atoms with E-state index in [-0.39, 0.29) is 0 Å². The minimum Gasteiger partial charge on any atom is -0.253 e. The molecule has 0 fully saturated rings. The van der Waals surface area contributed by atoms with E-state index in [0.717, 1.165) is 12.1 Å². The monoisotopic (exact) mass is 209 g/mol. The molecule has 0 spiro atoms. The highest BCUT2D eigenvalue weighted by Gasteiger charge is 2.20. The number of pyridine rings is 1. The van der Waals surface area contributed by atoms with Crippen LogP contribution in [-0.2, 0) is 6.42 Å². The Bertz CT molecular complexity index is 582. The first kappa shape index (κ1) is 9.59. The van der Waals surface area contributed by atoms with Crippen molar-refractivity contribution in [2.75, 3.05) is 0 Å². The summed E-state index contributed by atoms with van der Waals surface area (Å²) in [5, 5.41) is 0. The third-order valence-electron chi connectivity index (χ3n) is 3.44. The molecule has 0 atom stereocenters. The zero-order chi connectivity index (χ0) is 11.3. The van der Waals surface area contributed by atoms with Crippen molar-refractivity contribution >= 4 is 0 Å². The highest BCUT2D eigenvalue weighted by molar-refractivity contribution is 5.74. The minimum atomic E-state index is 1.04. The third kappa shape index (κ3) is 1.28. The molecule has 16 heavy (non-hydrogen) atoms. The summed E-state index contributed by atoms with van der Waals surface area (Å²) < 4.78 is 0. The van der Waals surface area contributed by atoms with Crippen LogP contribution in [0.2, 0.25) is 0 Å². The van der Waals surface area contributed by atoms with Crippen molar-refractivity contribution in [1.29, 1.82) is 0 Å². The maximum Gasteiger partial charge on any atom is 0.0743 e. The van der Waals surface area contributed by atoms with Crippen LogP contribution in [0.1, 0.15) is 27.9 Å². The van der Waals surface area contributed by atoms with E-state index in [9.17, 15) is 0 Å². The predicted molar refractivity (Wildman–Crippen MR) is 66.7 cm³/mol. The Morgan fingerprint density at radius 3 is 2.62 bits per heavy atom. The Labute approximate surface area is 96.2 Å². The van der Waals surface area contributed by atoms with Crippen LogP contribution in [0.4, 0.5) is 0 Å². The Morgan fingerprint density at radius 2 is 1.81 bits per heavy atom. The molecular formula is C15H15N. The minimum absolute atomic E-state index is 1.04. The topological polar surface area (TPSA) is 12.9 Å². The molecule has 1 nitrogen and oxygen atoms in total. The molecule has 0 bridgehead atoms. The molecule has 0 aliphatic heterocycles. The molecule has 0 saturated heterocycles. The first-order valence-electron chi connectivity index (χ1n) is 5.72. The molecular weight excluding hydrogens is 194 g/mol. The van der Waals surface area contributed by atoms with Gasteiger partial charge < -0.3 is 0 Å². The highest BCUT2D eigenvalue weighted by Crippen LogP contribution is 2.36. The van der Waals surface area contributed by atoms with E-state index in [0.29, 0.717) is 0 Å². The fourth-order valence-corrected chi connectivity index (χ4v) is 2.43. The number of nitrogens with zero attached hydrogens (tertiary/aromatic N) is 1. The summed E-state index contributed by atoms with van der Waals surface area (Å²) in [6.45, 7) is 6.37. The number of rotatable bonds is 0. The van der Waals surface area contributed by atoms with Crippen LogP contribution in [0.5, 0.6) is 0 Å². The lowest BCUT2D eigenvalue weighted by Gasteiger charge is -2.04. The van der Waals surface area contributed by atoms with Gasteiger partial charge in [-0.2, -0.15) is 0 Å². The van der Waals surface area contributed by atoms with Gasteiger partial charge in [0, 0.05) is 17.7 Å². The molecule has 1 aromatic heterocycles. The highest BCUT2D eigenvalue weighted by atomic mass is 14.7. The zero-order valence-electron chi connectivity index (χ0n) is 9.96. The van der Waals surface area contributed by atoms with Gasteiger partial charge in [0.25, 0.3) is 0 Å². The summed E-state index contributed by atoms with van der Waals surface area (Å²) in [5.74, 6) is 0. The molecule has 1 aliphatic carbocycles. The van der Waals surface area contributed by atoms with Gasteiger partial charge in [-0.15, -0.1) is 0 Å². The van der Waals surface area contributed by atoms with Gasteiger partial charge in [-0.3, -0.25) is 4.98 Å². The molecule has 0 amide bonds. The second-order valence-electron chi connectivity index (χ2n) is 4.74. The van der Waals surface area contributed by atoms with Gasteiger partial charge in [-0.1, -0.05) is 29.8 Å². The quantitative estimate of drug-likeness (QED) is 0.551. The van der Waals surface area contributed by atoms with Crippen LogP contribution < -0.4 is 0 Å². The number of benzene rings is 1. The van der Waals surface area contributed by atoms with Gasteiger partial charge in [-0.25, -0.2) is 0 Å². The largest absolute Gasteiger partial charge is 0.253 e. The lowest BCUT2D eigenvalue weighted by Crippen LogP contribution is -1.91. The number of aryl methyl sites for hydroxylation is 3. The van der Waals surface area contributed by atoms with Gasteiger partial charge in [-0.05, 0) is 37.5 Å². The number of hydrogen-bond acceptors (Lipinski definition) is 1. The van der Waals surface area contributed by atoms with Crippen LogP contribution in [0.15, 0.2) is 24.3 Å². The number of fused-ring (bicyclic) bond motifs is 3. The van der Waals surface area contributed by atoms with Crippen molar-refractivity contribution in [1.82, 2.24) is 4.98 Å². The molecule has 0 N–H and O–H groups in total. The second-order valence-corrected chi connectivity index (χ2v) is 4.74. The average Bonchev–Trinajstić information content (AvgIpc) is 2.55. The fraction of sp³-hybridized carbons (Fsp3) is 0.267. The molecule has 1 aliphatic rings. The Kier molecular flexibility index (Phi) is 1.90. The van der Waals surface area contributed by atoms with E-state index in [2.05, 4.69) is 45.0 Å². The summed E-state index contributed by atoms with van der Waals surface area (Å²) in [5.41, 5.74) is 9.09. The van der Waals surface area contributed by atoms with E-state index in [1.165, 1.54) is 33.5 Å². The van der Waals surface area contributed by atoms with Crippen molar-refractivity contribution < 1.29 is 0 Å². The van der Waals surface area contributed by atoms with Crippen molar-refractivity contribution in [3.05, 3.63) is 52.2 Å². The summed E-state index contributed by atoms with van der Waals surface area (Å²) in [7, 11) is 0. The summed E-state index contributed by atoms with van der Waals surface area (Å²) in [6.07, 6.45) is 1.04. The van der Waals surface area contributed by atoms with E-state index in [1.807, 2.05) is 0 Å². The average molecular weight is 209 g/mol. The van der Waals surface area contributed by atoms with Crippen molar-refractivity contribution in [3.8, 4) is 11.3 Å². The van der Waals surface area contributed by atoms with E-state index < -0.39 is 0 Å². The predicted octanol–water partition coefficient (Wildman–Crippen LogP) is 3.58. The maximum atomic E-state index is 4.72. The van der Waals surface area contributed by atoms with Crippen LogP contribution in [0, 0.1) is 20.8 Å². The smallest absolute Gasteiger partial charge is 0.0743 e. The molecule has 1 aromatic carbocycles. The lowest BCUT2D eigenvalue weighted by molar-refractivity contribution is 1.13. The van der Waals surface area contributed by atoms with E-state index in [1.54, 1.807) is 0 Å². The van der Waals surface area contributed by atoms with Crippen LogP contribution in [-0.4, -0.2) is 4.98 Å². The molecule has 0 saturated carbocycles. The maximum absolute atomic E-state index is 4.72. The SMILES string of the molecule is Cc1ccc2c(c1)Cc1cc(C)c(C)nc1-2. The van der Waals surface area contributed by atoms with Crippen molar-refractivity contribution in [3.63, 3.8) is 0 Å². The second kappa shape index (κ2) is 3.18. The molecule has 0 unspecified atom stereocenters. The van der Waals surface area contributed by atoms with Gasteiger partial charge in [0.15, 0.2) is 0 Å². The van der Waals surface area contributed by atoms with Gasteiger partial charge in [0.2, 0.25) is 0 Å². The normalized spacial score (nSPS) is 12.4. The number of aromatic nitrogens is 1. The van der Waals surface area contributed by atoms with Gasteiger partial charge >= 0.3 is 0 Å². The standard InChI is InChI=1S/C15H15N/c1-9-4-5-14-12(6-9)8-13-7-10(2)11(3)16-15(13)14/h4-7H,8H2,1-3H3. The first-order chi connectivity index (χ1) is 7.65. The fourth-order valence-electron chi connectivity index (χ4n) is 2.43. The summed E-state index contributed by atoms with van der Waals surface area (Å²) >= 11 is 0. The van der Waals surface area contributed by atoms with Crippen LogP contribution >= 0.6 is 0 Å². The Balaban J connectivity index is 2.25.